The van der Waals surface area contributed by atoms with Gasteiger partial charge in [-0.25, -0.2) is 8.42 Å². The second kappa shape index (κ2) is 8.65. The lowest BCUT2D eigenvalue weighted by Crippen LogP contribution is -2.44. The van der Waals surface area contributed by atoms with Gasteiger partial charge in [0.15, 0.2) is 0 Å². The first-order valence-corrected chi connectivity index (χ1v) is 11.8. The maximum absolute atomic E-state index is 13.5. The molecule has 1 amide bonds. The summed E-state index contributed by atoms with van der Waals surface area (Å²) in [6.45, 7) is 3.82. The van der Waals surface area contributed by atoms with Gasteiger partial charge >= 0.3 is 0 Å². The van der Waals surface area contributed by atoms with Crippen molar-refractivity contribution >= 4 is 21.6 Å². The number of carbonyl (C=O) groups is 1. The van der Waals surface area contributed by atoms with E-state index in [1.165, 1.54) is 4.31 Å². The summed E-state index contributed by atoms with van der Waals surface area (Å²) in [5.74, 6) is -0.218. The Morgan fingerprint density at radius 2 is 1.61 bits per heavy atom. The zero-order valence-corrected chi connectivity index (χ0v) is 18.5. The fourth-order valence-electron chi connectivity index (χ4n) is 4.04. The fourth-order valence-corrected chi connectivity index (χ4v) is 5.42. The van der Waals surface area contributed by atoms with E-state index in [-0.39, 0.29) is 29.9 Å². The highest BCUT2D eigenvalue weighted by Crippen LogP contribution is 2.32. The average Bonchev–Trinajstić information content (AvgIpc) is 3.10. The van der Waals surface area contributed by atoms with Crippen LogP contribution >= 0.6 is 0 Å². The van der Waals surface area contributed by atoms with Crippen LogP contribution in [0.15, 0.2) is 83.8 Å². The maximum atomic E-state index is 13.5. The SMILES string of the molecule is Cc1ccc(S(=O)(=O)N(CC(=O)N2c3ccccc3C[C@@H]2C)Cc2ccccc2)cc1. The third kappa shape index (κ3) is 4.40. The highest BCUT2D eigenvalue weighted by molar-refractivity contribution is 7.89. The molecule has 1 aliphatic heterocycles. The molecule has 4 rings (SSSR count). The minimum absolute atomic E-state index is 0.00875. The third-order valence-corrected chi connectivity index (χ3v) is 7.45. The highest BCUT2D eigenvalue weighted by Gasteiger charge is 2.34. The fraction of sp³-hybridized carbons (Fsp3) is 0.240. The van der Waals surface area contributed by atoms with Crippen molar-refractivity contribution < 1.29 is 13.2 Å². The second-order valence-corrected chi connectivity index (χ2v) is 9.96. The molecule has 0 N–H and O–H groups in total. The Morgan fingerprint density at radius 3 is 2.32 bits per heavy atom. The summed E-state index contributed by atoms with van der Waals surface area (Å²) < 4.78 is 28.2. The Hall–Kier alpha value is -2.96. The molecule has 0 saturated heterocycles. The van der Waals surface area contributed by atoms with Gasteiger partial charge in [-0.3, -0.25) is 4.79 Å². The summed E-state index contributed by atoms with van der Waals surface area (Å²) in [6, 6.07) is 23.9. The normalized spacial score (nSPS) is 15.8. The average molecular weight is 435 g/mol. The molecule has 160 valence electrons. The number of hydrogen-bond acceptors (Lipinski definition) is 3. The van der Waals surface area contributed by atoms with Crippen LogP contribution in [0.2, 0.25) is 0 Å². The Labute approximate surface area is 184 Å². The Balaban J connectivity index is 1.66. The van der Waals surface area contributed by atoms with Gasteiger partial charge in [-0.2, -0.15) is 4.31 Å². The Bertz CT molecular complexity index is 1170. The van der Waals surface area contributed by atoms with Gasteiger partial charge in [-0.05, 0) is 49.6 Å². The molecule has 1 heterocycles. The van der Waals surface area contributed by atoms with Gasteiger partial charge in [-0.15, -0.1) is 0 Å². The number of para-hydroxylation sites is 1. The van der Waals surface area contributed by atoms with E-state index in [0.29, 0.717) is 0 Å². The van der Waals surface area contributed by atoms with Crippen molar-refractivity contribution in [3.8, 4) is 0 Å². The minimum Gasteiger partial charge on any atom is -0.308 e. The number of carbonyl (C=O) groups excluding carboxylic acids is 1. The smallest absolute Gasteiger partial charge is 0.243 e. The van der Waals surface area contributed by atoms with E-state index in [2.05, 4.69) is 0 Å². The number of sulfonamides is 1. The molecule has 0 aromatic heterocycles. The molecular weight excluding hydrogens is 408 g/mol. The van der Waals surface area contributed by atoms with Crippen LogP contribution in [0.4, 0.5) is 5.69 Å². The van der Waals surface area contributed by atoms with E-state index in [9.17, 15) is 13.2 Å². The summed E-state index contributed by atoms with van der Waals surface area (Å²) in [4.78, 5) is 15.3. The van der Waals surface area contributed by atoms with E-state index >= 15 is 0 Å². The third-order valence-electron chi connectivity index (χ3n) is 5.65. The van der Waals surface area contributed by atoms with Crippen molar-refractivity contribution in [1.82, 2.24) is 4.31 Å². The number of rotatable bonds is 6. The molecular formula is C25H26N2O3S. The number of benzene rings is 3. The van der Waals surface area contributed by atoms with Crippen LogP contribution in [0.1, 0.15) is 23.6 Å². The zero-order chi connectivity index (χ0) is 22.0. The topological polar surface area (TPSA) is 57.7 Å². The number of aryl methyl sites for hydroxylation is 1. The number of anilines is 1. The van der Waals surface area contributed by atoms with Gasteiger partial charge in [0.25, 0.3) is 0 Å². The van der Waals surface area contributed by atoms with Crippen LogP contribution in [0.3, 0.4) is 0 Å². The highest BCUT2D eigenvalue weighted by atomic mass is 32.2. The van der Waals surface area contributed by atoms with Crippen molar-refractivity contribution in [3.63, 3.8) is 0 Å². The lowest BCUT2D eigenvalue weighted by Gasteiger charge is -2.27. The summed E-state index contributed by atoms with van der Waals surface area (Å²) in [5.41, 5.74) is 3.79. The second-order valence-electron chi connectivity index (χ2n) is 8.02. The first-order chi connectivity index (χ1) is 14.9. The largest absolute Gasteiger partial charge is 0.308 e. The summed E-state index contributed by atoms with van der Waals surface area (Å²) in [6.07, 6.45) is 0.769. The first-order valence-electron chi connectivity index (χ1n) is 10.4. The minimum atomic E-state index is -3.85. The number of fused-ring (bicyclic) bond motifs is 1. The molecule has 5 nitrogen and oxygen atoms in total. The predicted octanol–water partition coefficient (Wildman–Crippen LogP) is 4.16. The number of hydrogen-bond donors (Lipinski definition) is 0. The molecule has 0 spiro atoms. The number of nitrogens with zero attached hydrogens (tertiary/aromatic N) is 2. The molecule has 0 aliphatic carbocycles. The van der Waals surface area contributed by atoms with E-state index in [1.807, 2.05) is 68.4 Å². The standard InChI is InChI=1S/C25H26N2O3S/c1-19-12-14-23(15-13-19)31(29,30)26(17-21-8-4-3-5-9-21)18-25(28)27-20(2)16-22-10-6-7-11-24(22)27/h3-15,20H,16-18H2,1-2H3/t20-/m0/s1. The molecule has 3 aromatic carbocycles. The van der Waals surface area contributed by atoms with Gasteiger partial charge in [0.2, 0.25) is 15.9 Å². The van der Waals surface area contributed by atoms with Crippen LogP contribution < -0.4 is 4.90 Å². The van der Waals surface area contributed by atoms with Crippen molar-refractivity contribution in [2.75, 3.05) is 11.4 Å². The lowest BCUT2D eigenvalue weighted by atomic mass is 10.1. The summed E-state index contributed by atoms with van der Waals surface area (Å²) >= 11 is 0. The van der Waals surface area contributed by atoms with Gasteiger partial charge < -0.3 is 4.90 Å². The van der Waals surface area contributed by atoms with E-state index in [0.717, 1.165) is 28.8 Å². The first kappa shape index (κ1) is 21.3. The maximum Gasteiger partial charge on any atom is 0.243 e. The molecule has 0 bridgehead atoms. The van der Waals surface area contributed by atoms with Crippen LogP contribution in [0.25, 0.3) is 0 Å². The molecule has 6 heteroatoms. The number of amides is 1. The quantitative estimate of drug-likeness (QED) is 0.585. The summed E-state index contributed by atoms with van der Waals surface area (Å²) in [5, 5.41) is 0. The Morgan fingerprint density at radius 1 is 0.968 bits per heavy atom. The van der Waals surface area contributed by atoms with Gasteiger partial charge in [0, 0.05) is 18.3 Å². The molecule has 0 unspecified atom stereocenters. The van der Waals surface area contributed by atoms with Crippen molar-refractivity contribution in [3.05, 3.63) is 95.6 Å². The molecule has 0 radical (unpaired) electrons. The van der Waals surface area contributed by atoms with Crippen molar-refractivity contribution in [1.29, 1.82) is 0 Å². The van der Waals surface area contributed by atoms with E-state index in [1.54, 1.807) is 29.2 Å². The molecule has 31 heavy (non-hydrogen) atoms. The summed E-state index contributed by atoms with van der Waals surface area (Å²) in [7, 11) is -3.85. The van der Waals surface area contributed by atoms with Crippen LogP contribution in [0, 0.1) is 6.92 Å². The van der Waals surface area contributed by atoms with Crippen LogP contribution in [-0.4, -0.2) is 31.2 Å². The predicted molar refractivity (Wildman–Crippen MR) is 122 cm³/mol. The van der Waals surface area contributed by atoms with Crippen molar-refractivity contribution in [2.24, 2.45) is 0 Å². The van der Waals surface area contributed by atoms with Gasteiger partial charge in [-0.1, -0.05) is 66.2 Å². The molecule has 1 aliphatic rings. The Kier molecular flexibility index (Phi) is 5.94. The van der Waals surface area contributed by atoms with E-state index in [4.69, 9.17) is 0 Å². The van der Waals surface area contributed by atoms with E-state index < -0.39 is 10.0 Å². The van der Waals surface area contributed by atoms with Crippen molar-refractivity contribution in [2.45, 2.75) is 37.8 Å². The van der Waals surface area contributed by atoms with Gasteiger partial charge in [0.05, 0.1) is 11.4 Å². The zero-order valence-electron chi connectivity index (χ0n) is 17.7. The molecule has 3 aromatic rings. The molecule has 1 atom stereocenters. The monoisotopic (exact) mass is 434 g/mol. The molecule has 0 saturated carbocycles. The van der Waals surface area contributed by atoms with Crippen LogP contribution in [-0.2, 0) is 27.8 Å². The lowest BCUT2D eigenvalue weighted by molar-refractivity contribution is -0.119. The van der Waals surface area contributed by atoms with Gasteiger partial charge in [0.1, 0.15) is 0 Å². The van der Waals surface area contributed by atoms with Crippen LogP contribution in [0.5, 0.6) is 0 Å². The molecule has 0 fully saturated rings.